The molecule has 0 spiro atoms. The lowest BCUT2D eigenvalue weighted by Crippen LogP contribution is -2.30. The summed E-state index contributed by atoms with van der Waals surface area (Å²) in [6.45, 7) is 4.17. The van der Waals surface area contributed by atoms with Crippen molar-refractivity contribution in [2.45, 2.75) is 38.9 Å². The average Bonchev–Trinajstić information content (AvgIpc) is 2.40. The van der Waals surface area contributed by atoms with E-state index in [1.165, 1.54) is 0 Å². The molecule has 0 radical (unpaired) electrons. The second kappa shape index (κ2) is 2.71. The summed E-state index contributed by atoms with van der Waals surface area (Å²) in [4.78, 5) is 0. The smallest absolute Gasteiger partial charge is 0.0621 e. The first-order valence-corrected chi connectivity index (χ1v) is 4.97. The molecule has 0 aliphatic heterocycles. The van der Waals surface area contributed by atoms with Gasteiger partial charge in [0, 0.05) is 5.92 Å². The highest BCUT2D eigenvalue weighted by Crippen LogP contribution is 2.49. The quantitative estimate of drug-likeness (QED) is 0.570. The predicted octanol–water partition coefficient (Wildman–Crippen LogP) is 1.02. The Balaban J connectivity index is 2.15. The number of hydrogen-bond acceptors (Lipinski definition) is 2. The molecular weight excluding hydrogens is 152 g/mol. The van der Waals surface area contributed by atoms with Crippen molar-refractivity contribution in [1.29, 1.82) is 0 Å². The Hall–Kier alpha value is -0.0800. The van der Waals surface area contributed by atoms with E-state index in [1.807, 2.05) is 0 Å². The van der Waals surface area contributed by atoms with E-state index in [0.717, 1.165) is 12.8 Å². The third-order valence-electron chi connectivity index (χ3n) is 3.85. The molecule has 2 fully saturated rings. The molecule has 0 amide bonds. The van der Waals surface area contributed by atoms with Crippen molar-refractivity contribution < 1.29 is 10.2 Å². The van der Waals surface area contributed by atoms with Gasteiger partial charge in [-0.1, -0.05) is 13.8 Å². The monoisotopic (exact) mass is 170 g/mol. The third kappa shape index (κ3) is 1.01. The topological polar surface area (TPSA) is 40.5 Å². The highest BCUT2D eigenvalue weighted by Gasteiger charge is 2.50. The summed E-state index contributed by atoms with van der Waals surface area (Å²) in [5.41, 5.74) is 0. The van der Waals surface area contributed by atoms with Gasteiger partial charge in [0.1, 0.15) is 0 Å². The fourth-order valence-corrected chi connectivity index (χ4v) is 3.16. The highest BCUT2D eigenvalue weighted by molar-refractivity contribution is 4.99. The molecule has 0 heterocycles. The SMILES string of the molecule is C[C@H]1CC2C[C@H](C)C(O)C2C1O. The van der Waals surface area contributed by atoms with Crippen molar-refractivity contribution in [3.63, 3.8) is 0 Å². The molecule has 2 N–H and O–H groups in total. The summed E-state index contributed by atoms with van der Waals surface area (Å²) in [5, 5.41) is 19.6. The minimum Gasteiger partial charge on any atom is -0.392 e. The van der Waals surface area contributed by atoms with Crippen LogP contribution in [0.25, 0.3) is 0 Å². The molecule has 2 saturated carbocycles. The van der Waals surface area contributed by atoms with Crippen LogP contribution in [0.15, 0.2) is 0 Å². The van der Waals surface area contributed by atoms with Gasteiger partial charge in [-0.15, -0.1) is 0 Å². The van der Waals surface area contributed by atoms with E-state index in [-0.39, 0.29) is 18.1 Å². The molecule has 0 bridgehead atoms. The minimum atomic E-state index is -0.255. The van der Waals surface area contributed by atoms with E-state index >= 15 is 0 Å². The normalized spacial score (nSPS) is 59.0. The van der Waals surface area contributed by atoms with E-state index in [4.69, 9.17) is 0 Å². The summed E-state index contributed by atoms with van der Waals surface area (Å²) in [5.74, 6) is 1.54. The van der Waals surface area contributed by atoms with Crippen molar-refractivity contribution in [2.75, 3.05) is 0 Å². The van der Waals surface area contributed by atoms with E-state index in [2.05, 4.69) is 13.8 Å². The molecule has 70 valence electrons. The molecule has 2 unspecified atom stereocenters. The van der Waals surface area contributed by atoms with Gasteiger partial charge in [-0.25, -0.2) is 0 Å². The summed E-state index contributed by atoms with van der Waals surface area (Å²) >= 11 is 0. The third-order valence-corrected chi connectivity index (χ3v) is 3.85. The van der Waals surface area contributed by atoms with Gasteiger partial charge in [0.05, 0.1) is 12.2 Å². The van der Waals surface area contributed by atoms with Gasteiger partial charge in [0.2, 0.25) is 0 Å². The van der Waals surface area contributed by atoms with Crippen LogP contribution >= 0.6 is 0 Å². The number of aliphatic hydroxyl groups is 2. The maximum Gasteiger partial charge on any atom is 0.0621 e. The molecule has 12 heavy (non-hydrogen) atoms. The van der Waals surface area contributed by atoms with Crippen LogP contribution in [0.4, 0.5) is 0 Å². The Morgan fingerprint density at radius 1 is 0.917 bits per heavy atom. The maximum absolute atomic E-state index is 9.80. The van der Waals surface area contributed by atoms with Gasteiger partial charge in [0.25, 0.3) is 0 Å². The number of hydrogen-bond donors (Lipinski definition) is 2. The number of fused-ring (bicyclic) bond motifs is 1. The van der Waals surface area contributed by atoms with Crippen molar-refractivity contribution in [3.05, 3.63) is 0 Å². The number of rotatable bonds is 0. The lowest BCUT2D eigenvalue weighted by molar-refractivity contribution is 0.00987. The van der Waals surface area contributed by atoms with Crippen LogP contribution in [0.2, 0.25) is 0 Å². The molecule has 2 aliphatic carbocycles. The van der Waals surface area contributed by atoms with E-state index in [9.17, 15) is 10.2 Å². The molecule has 2 nitrogen and oxygen atoms in total. The number of aliphatic hydroxyl groups excluding tert-OH is 2. The molecule has 2 heteroatoms. The zero-order valence-electron chi connectivity index (χ0n) is 7.77. The van der Waals surface area contributed by atoms with Crippen molar-refractivity contribution in [3.8, 4) is 0 Å². The Morgan fingerprint density at radius 2 is 1.33 bits per heavy atom. The van der Waals surface area contributed by atoms with Crippen molar-refractivity contribution >= 4 is 0 Å². The molecule has 2 rings (SSSR count). The highest BCUT2D eigenvalue weighted by atomic mass is 16.3. The molecule has 0 saturated heterocycles. The first-order chi connectivity index (χ1) is 5.61. The summed E-state index contributed by atoms with van der Waals surface area (Å²) in [7, 11) is 0. The lowest BCUT2D eigenvalue weighted by Gasteiger charge is -2.21. The predicted molar refractivity (Wildman–Crippen MR) is 46.6 cm³/mol. The Kier molecular flexibility index (Phi) is 1.92. The van der Waals surface area contributed by atoms with E-state index in [0.29, 0.717) is 17.8 Å². The van der Waals surface area contributed by atoms with Gasteiger partial charge in [0.15, 0.2) is 0 Å². The van der Waals surface area contributed by atoms with E-state index in [1.54, 1.807) is 0 Å². The van der Waals surface area contributed by atoms with Crippen LogP contribution in [0.1, 0.15) is 26.7 Å². The molecule has 0 aromatic rings. The van der Waals surface area contributed by atoms with Crippen LogP contribution in [-0.4, -0.2) is 22.4 Å². The molecular formula is C10H18O2. The molecule has 0 aromatic heterocycles. The molecule has 2 aliphatic rings. The molecule has 4 atom stereocenters. The zero-order chi connectivity index (χ0) is 8.88. The van der Waals surface area contributed by atoms with Gasteiger partial charge >= 0.3 is 0 Å². The average molecular weight is 170 g/mol. The summed E-state index contributed by atoms with van der Waals surface area (Å²) in [6.07, 6.45) is 1.70. The fourth-order valence-electron chi connectivity index (χ4n) is 3.16. The Morgan fingerprint density at radius 3 is 1.67 bits per heavy atom. The fraction of sp³-hybridized carbons (Fsp3) is 1.00. The van der Waals surface area contributed by atoms with Crippen LogP contribution in [0.5, 0.6) is 0 Å². The summed E-state index contributed by atoms with van der Waals surface area (Å²) < 4.78 is 0. The van der Waals surface area contributed by atoms with Crippen molar-refractivity contribution in [1.82, 2.24) is 0 Å². The largest absolute Gasteiger partial charge is 0.392 e. The Bertz CT molecular complexity index is 163. The van der Waals surface area contributed by atoms with Crippen LogP contribution in [0.3, 0.4) is 0 Å². The van der Waals surface area contributed by atoms with Crippen molar-refractivity contribution in [2.24, 2.45) is 23.7 Å². The standard InChI is InChI=1S/C10H18O2/c1-5-3-7-4-6(2)10(12)8(7)9(5)11/h5-12H,3-4H2,1-2H3/t5-,6-,7?,8?,9?,10?/m0/s1. The van der Waals surface area contributed by atoms with E-state index < -0.39 is 0 Å². The zero-order valence-corrected chi connectivity index (χ0v) is 7.77. The lowest BCUT2D eigenvalue weighted by atomic mass is 9.95. The second-order valence-corrected chi connectivity index (χ2v) is 4.74. The summed E-state index contributed by atoms with van der Waals surface area (Å²) in [6, 6.07) is 0. The van der Waals surface area contributed by atoms with Gasteiger partial charge in [-0.05, 0) is 30.6 Å². The van der Waals surface area contributed by atoms with Gasteiger partial charge < -0.3 is 10.2 Å². The van der Waals surface area contributed by atoms with Crippen LogP contribution < -0.4 is 0 Å². The minimum absolute atomic E-state index is 0.176. The van der Waals surface area contributed by atoms with Crippen LogP contribution in [-0.2, 0) is 0 Å². The first-order valence-electron chi connectivity index (χ1n) is 4.97. The molecule has 0 aromatic carbocycles. The van der Waals surface area contributed by atoms with Crippen LogP contribution in [0, 0.1) is 23.7 Å². The van der Waals surface area contributed by atoms with Gasteiger partial charge in [-0.2, -0.15) is 0 Å². The van der Waals surface area contributed by atoms with Gasteiger partial charge in [-0.3, -0.25) is 0 Å². The first kappa shape index (κ1) is 8.52. The second-order valence-electron chi connectivity index (χ2n) is 4.74. The Labute approximate surface area is 73.6 Å². The maximum atomic E-state index is 9.80.